The molecule has 1 aliphatic heterocycles. The maximum atomic E-state index is 14.8. The highest BCUT2D eigenvalue weighted by Crippen LogP contribution is 2.27. The molecule has 24 nitrogen and oxygen atoms in total. The van der Waals surface area contributed by atoms with Gasteiger partial charge in [-0.3, -0.25) is 48.3 Å². The first-order valence-electron chi connectivity index (χ1n) is 25.4. The highest BCUT2D eigenvalue weighted by Gasteiger charge is 2.35. The van der Waals surface area contributed by atoms with Crippen molar-refractivity contribution in [3.8, 4) is 0 Å². The first-order valence-corrected chi connectivity index (χ1v) is 25.8. The Morgan fingerprint density at radius 1 is 0.763 bits per heavy atom. The number of Topliss-reactive ketones (excluding diaryl/α,β-unsaturated/α-hetero) is 2. The fourth-order valence-corrected chi connectivity index (χ4v) is 9.02. The van der Waals surface area contributed by atoms with Crippen molar-refractivity contribution in [2.24, 2.45) is 50.5 Å². The predicted molar refractivity (Wildman–Crippen MR) is 286 cm³/mol. The number of para-hydroxylation sites is 1. The van der Waals surface area contributed by atoms with Gasteiger partial charge in [-0.25, -0.2) is 4.79 Å². The van der Waals surface area contributed by atoms with Crippen molar-refractivity contribution in [3.63, 3.8) is 0 Å². The number of carbonyl (C=O) groups is 9. The number of halogens is 1. The number of hydrogen-bond donors (Lipinski definition) is 13. The number of nitrogens with zero attached hydrogens (tertiary/aromatic N) is 2. The molecule has 414 valence electrons. The Kier molecular flexibility index (Phi) is 25.1. The van der Waals surface area contributed by atoms with Crippen molar-refractivity contribution in [2.45, 2.75) is 127 Å². The number of nitrogens with two attached hydrogens (primary N) is 5. The van der Waals surface area contributed by atoms with Gasteiger partial charge in [0.1, 0.15) is 30.0 Å². The number of nitrogens with one attached hydrogen (secondary N) is 7. The predicted octanol–water partition coefficient (Wildman–Crippen LogP) is -0.178. The second-order valence-electron chi connectivity index (χ2n) is 18.8. The van der Waals surface area contributed by atoms with Crippen molar-refractivity contribution < 1.29 is 48.3 Å². The van der Waals surface area contributed by atoms with Gasteiger partial charge >= 0.3 is 5.97 Å². The summed E-state index contributed by atoms with van der Waals surface area (Å²) in [6.45, 7) is 1.46. The topological polar surface area (TPSA) is 417 Å². The van der Waals surface area contributed by atoms with Crippen molar-refractivity contribution in [1.29, 1.82) is 0 Å². The van der Waals surface area contributed by atoms with Crippen LogP contribution in [-0.2, 0) is 56.0 Å². The van der Waals surface area contributed by atoms with Crippen molar-refractivity contribution in [1.82, 2.24) is 36.9 Å². The van der Waals surface area contributed by atoms with Crippen LogP contribution in [0.1, 0.15) is 95.1 Å². The van der Waals surface area contributed by atoms with Crippen LogP contribution in [0, 0.1) is 11.8 Å². The van der Waals surface area contributed by atoms with Crippen LogP contribution in [-0.4, -0.2) is 131 Å². The minimum absolute atomic E-state index is 0.00845. The summed E-state index contributed by atoms with van der Waals surface area (Å²) in [5.74, 6) is -9.37. The molecule has 2 heterocycles. The summed E-state index contributed by atoms with van der Waals surface area (Å²) in [5.41, 5.74) is 29.9. The van der Waals surface area contributed by atoms with E-state index in [1.807, 2.05) is 24.3 Å². The number of carboxylic acid groups (broad SMARTS) is 1. The molecule has 4 rings (SSSR count). The zero-order valence-corrected chi connectivity index (χ0v) is 43.5. The smallest absolute Gasteiger partial charge is 0.326 e. The fraction of sp³-hybridized carbons (Fsp3) is 0.510. The zero-order chi connectivity index (χ0) is 55.7. The van der Waals surface area contributed by atoms with Gasteiger partial charge in [-0.05, 0) is 94.0 Å². The van der Waals surface area contributed by atoms with Gasteiger partial charge in [-0.1, -0.05) is 48.0 Å². The number of guanidine groups is 2. The number of aliphatic imine (C=N–C) groups is 2. The SMILES string of the molecule is CC(=O)N[C@@H](CCCN=C(N)N)C(=O)N[C@H]1CCC(=O)NCCC[C@@H](C(=O)O)NC(=O)[C@H](Cc2c[nH]c3ccccc23)CC(=O)[C@H](CCCN=C(N)N)CC(=O)[C@@H](Cc2ccccc2Cl)NC(=O)[C@H](CCCN)NC1=O. The van der Waals surface area contributed by atoms with Crippen LogP contribution in [0.3, 0.4) is 0 Å². The van der Waals surface area contributed by atoms with Crippen LogP contribution in [0.2, 0.25) is 5.02 Å². The minimum atomic E-state index is -1.47. The molecule has 76 heavy (non-hydrogen) atoms. The number of aromatic amines is 1. The third-order valence-electron chi connectivity index (χ3n) is 12.8. The van der Waals surface area contributed by atoms with E-state index in [4.69, 9.17) is 40.3 Å². The lowest BCUT2D eigenvalue weighted by Crippen LogP contribution is -2.58. The highest BCUT2D eigenvalue weighted by molar-refractivity contribution is 6.31. The normalized spacial score (nSPS) is 21.2. The highest BCUT2D eigenvalue weighted by atomic mass is 35.5. The van der Waals surface area contributed by atoms with E-state index in [9.17, 15) is 48.3 Å². The van der Waals surface area contributed by atoms with Crippen LogP contribution >= 0.6 is 11.6 Å². The van der Waals surface area contributed by atoms with Crippen LogP contribution in [0.25, 0.3) is 10.9 Å². The molecule has 7 atom stereocenters. The van der Waals surface area contributed by atoms with Crippen LogP contribution in [0.5, 0.6) is 0 Å². The van der Waals surface area contributed by atoms with E-state index in [0.29, 0.717) is 11.1 Å². The Balaban J connectivity index is 1.79. The van der Waals surface area contributed by atoms with E-state index < -0.39 is 108 Å². The monoisotopic (exact) mass is 1080 g/mol. The van der Waals surface area contributed by atoms with E-state index >= 15 is 0 Å². The van der Waals surface area contributed by atoms with E-state index in [2.05, 4.69) is 46.9 Å². The lowest BCUT2D eigenvalue weighted by Gasteiger charge is -2.27. The standard InChI is InChI=1S/C51H73ClN14O10/c1-29(67)62-37(16-8-23-60-51(56)57)46(72)64-39-18-19-44(70)58-21-9-17-40(49(75)76)65-45(71)32(24-33-28-61-36-14-5-3-12-34(33)36)27-42(68)31(11-7-22-59-50(54)55)26-43(69)41(25-30-10-2-4-13-35(30)52)66-47(73)38(15-6-20-53)63-48(39)74/h2-5,10,12-14,28,31-32,37-41,61H,6-9,11,15-27,53H2,1H3,(H,58,70)(H,62,67)(H,63,74)(H,64,72)(H,65,71)(H,66,73)(H,75,76)(H4,54,55,59)(H4,56,57,60)/t31-,32-,37+,38+,39+,40+,41-/m1/s1. The van der Waals surface area contributed by atoms with E-state index in [1.54, 1.807) is 30.5 Å². The fourth-order valence-electron chi connectivity index (χ4n) is 8.81. The van der Waals surface area contributed by atoms with Gasteiger partial charge in [0.25, 0.3) is 0 Å². The zero-order valence-electron chi connectivity index (χ0n) is 42.7. The number of carboxylic acids is 1. The van der Waals surface area contributed by atoms with Gasteiger partial charge in [0, 0.05) is 86.2 Å². The maximum absolute atomic E-state index is 14.8. The Morgan fingerprint density at radius 2 is 1.43 bits per heavy atom. The molecule has 18 N–H and O–H groups in total. The molecule has 0 unspecified atom stereocenters. The Labute approximate surface area is 445 Å². The van der Waals surface area contributed by atoms with Gasteiger partial charge in [-0.2, -0.15) is 0 Å². The van der Waals surface area contributed by atoms with E-state index in [0.717, 1.165) is 10.9 Å². The second kappa shape index (κ2) is 31.3. The second-order valence-corrected chi connectivity index (χ2v) is 19.2. The number of aromatic nitrogens is 1. The third kappa shape index (κ3) is 20.6. The van der Waals surface area contributed by atoms with Crippen molar-refractivity contribution in [2.75, 3.05) is 26.2 Å². The maximum Gasteiger partial charge on any atom is 0.326 e. The third-order valence-corrected chi connectivity index (χ3v) is 13.2. The number of rotatable bonds is 19. The summed E-state index contributed by atoms with van der Waals surface area (Å²) in [6.07, 6.45) is 0.757. The van der Waals surface area contributed by atoms with E-state index in [-0.39, 0.29) is 120 Å². The lowest BCUT2D eigenvalue weighted by atomic mass is 9.83. The van der Waals surface area contributed by atoms with Gasteiger partial charge in [0.15, 0.2) is 17.7 Å². The first kappa shape index (κ1) is 61.0. The average molecular weight is 1080 g/mol. The summed E-state index contributed by atoms with van der Waals surface area (Å²) in [7, 11) is 0. The molecule has 2 aromatic carbocycles. The molecule has 0 saturated carbocycles. The molecule has 0 radical (unpaired) electrons. The molecule has 1 aliphatic rings. The number of H-pyrrole nitrogens is 1. The van der Waals surface area contributed by atoms with Crippen LogP contribution in [0.4, 0.5) is 0 Å². The summed E-state index contributed by atoms with van der Waals surface area (Å²) < 4.78 is 0. The van der Waals surface area contributed by atoms with Crippen molar-refractivity contribution >= 4 is 87.4 Å². The van der Waals surface area contributed by atoms with Gasteiger partial charge in [0.05, 0.1) is 6.04 Å². The molecule has 3 aromatic rings. The molecule has 1 fully saturated rings. The van der Waals surface area contributed by atoms with Gasteiger partial charge < -0.3 is 70.7 Å². The van der Waals surface area contributed by atoms with Gasteiger partial charge in [-0.15, -0.1) is 0 Å². The van der Waals surface area contributed by atoms with Crippen LogP contribution < -0.4 is 60.6 Å². The molecule has 1 aromatic heterocycles. The number of amides is 6. The van der Waals surface area contributed by atoms with Gasteiger partial charge in [0.2, 0.25) is 35.4 Å². The summed E-state index contributed by atoms with van der Waals surface area (Å²) in [4.78, 5) is 136. The number of ketones is 2. The number of hydrogen-bond acceptors (Lipinski definition) is 12. The quantitative estimate of drug-likeness (QED) is 0.0421. The summed E-state index contributed by atoms with van der Waals surface area (Å²) in [6, 6.07) is 7.17. The minimum Gasteiger partial charge on any atom is -0.480 e. The molecular weight excluding hydrogens is 1000 g/mol. The largest absolute Gasteiger partial charge is 0.480 e. The molecule has 0 aliphatic carbocycles. The number of carbonyl (C=O) groups excluding carboxylic acids is 8. The van der Waals surface area contributed by atoms with E-state index in [1.165, 1.54) is 6.92 Å². The van der Waals surface area contributed by atoms with Crippen LogP contribution in [0.15, 0.2) is 64.7 Å². The molecule has 25 heteroatoms. The Bertz CT molecular complexity index is 2560. The number of aliphatic carboxylic acids is 1. The molecule has 1 saturated heterocycles. The lowest BCUT2D eigenvalue weighted by molar-refractivity contribution is -0.143. The van der Waals surface area contributed by atoms with Crippen molar-refractivity contribution in [3.05, 3.63) is 70.9 Å². The Morgan fingerprint density at radius 3 is 2.12 bits per heavy atom. The molecule has 6 amide bonds. The number of benzene rings is 2. The Hall–Kier alpha value is -7.60. The average Bonchev–Trinajstić information content (AvgIpc) is 3.78. The summed E-state index contributed by atoms with van der Waals surface area (Å²) >= 11 is 6.60. The molecular formula is C51H73ClN14O10. The number of fused-ring (bicyclic) bond motifs is 1. The summed E-state index contributed by atoms with van der Waals surface area (Å²) in [5, 5.41) is 27.3. The first-order chi connectivity index (χ1) is 36.3. The molecule has 0 bridgehead atoms. The molecule has 0 spiro atoms.